The molecular formula is C10H12N4O3. The molecule has 0 aromatic carbocycles. The van der Waals surface area contributed by atoms with Crippen LogP contribution in [0.5, 0.6) is 0 Å². The maximum atomic E-state index is 11.3. The van der Waals surface area contributed by atoms with Crippen LogP contribution in [0.2, 0.25) is 0 Å². The van der Waals surface area contributed by atoms with Gasteiger partial charge in [-0.05, 0) is 19.1 Å². The number of hydrogen-bond donors (Lipinski definition) is 1. The number of rotatable bonds is 4. The minimum absolute atomic E-state index is 0.148. The molecule has 2 aromatic rings. The quantitative estimate of drug-likeness (QED) is 0.806. The zero-order valence-corrected chi connectivity index (χ0v) is 9.51. The molecule has 0 spiro atoms. The number of carbonyl (C=O) groups excluding carboxylic acids is 1. The van der Waals surface area contributed by atoms with Crippen molar-refractivity contribution in [2.45, 2.75) is 6.92 Å². The minimum Gasteiger partial charge on any atom is -0.459 e. The highest BCUT2D eigenvalue weighted by Crippen LogP contribution is 2.15. The van der Waals surface area contributed by atoms with Gasteiger partial charge < -0.3 is 13.7 Å². The smallest absolute Gasteiger partial charge is 0.396 e. The van der Waals surface area contributed by atoms with E-state index in [0.717, 1.165) is 5.82 Å². The number of esters is 1. The number of nitrogens with zero attached hydrogens (tertiary/aromatic N) is 3. The van der Waals surface area contributed by atoms with E-state index in [0.29, 0.717) is 0 Å². The third kappa shape index (κ3) is 2.44. The van der Waals surface area contributed by atoms with Crippen molar-refractivity contribution in [1.29, 1.82) is 0 Å². The summed E-state index contributed by atoms with van der Waals surface area (Å²) in [6.45, 7) is 1.97. The second-order valence-electron chi connectivity index (χ2n) is 3.26. The second-order valence-corrected chi connectivity index (χ2v) is 3.26. The SMILES string of the molecule is CCOC(=O)c1nnc(Nc2cccn2C)o1. The minimum atomic E-state index is -0.625. The predicted octanol–water partition coefficient (Wildman–Crippen LogP) is 1.33. The molecule has 1 N–H and O–H groups in total. The van der Waals surface area contributed by atoms with Crippen LogP contribution in [0, 0.1) is 0 Å². The number of aromatic nitrogens is 3. The average Bonchev–Trinajstić information content (AvgIpc) is 2.90. The van der Waals surface area contributed by atoms with Crippen molar-refractivity contribution in [2.75, 3.05) is 11.9 Å². The van der Waals surface area contributed by atoms with Gasteiger partial charge in [-0.25, -0.2) is 4.79 Å². The van der Waals surface area contributed by atoms with E-state index in [1.165, 1.54) is 0 Å². The molecule has 2 aromatic heterocycles. The molecule has 7 heteroatoms. The molecular weight excluding hydrogens is 224 g/mol. The summed E-state index contributed by atoms with van der Waals surface area (Å²) >= 11 is 0. The van der Waals surface area contributed by atoms with Gasteiger partial charge in [0.25, 0.3) is 0 Å². The first-order chi connectivity index (χ1) is 8.20. The lowest BCUT2D eigenvalue weighted by atomic mass is 10.6. The van der Waals surface area contributed by atoms with Crippen LogP contribution in [0.3, 0.4) is 0 Å². The van der Waals surface area contributed by atoms with E-state index in [4.69, 9.17) is 9.15 Å². The van der Waals surface area contributed by atoms with Gasteiger partial charge in [-0.15, -0.1) is 0 Å². The molecule has 0 saturated carbocycles. The van der Waals surface area contributed by atoms with Gasteiger partial charge in [0.15, 0.2) is 0 Å². The molecule has 0 unspecified atom stereocenters. The van der Waals surface area contributed by atoms with Crippen molar-refractivity contribution in [2.24, 2.45) is 7.05 Å². The second kappa shape index (κ2) is 4.69. The Bertz CT molecular complexity index is 517. The van der Waals surface area contributed by atoms with Crippen LogP contribution in [0.25, 0.3) is 0 Å². The Labute approximate surface area is 97.4 Å². The lowest BCUT2D eigenvalue weighted by Gasteiger charge is -2.01. The van der Waals surface area contributed by atoms with Crippen molar-refractivity contribution in [3.63, 3.8) is 0 Å². The van der Waals surface area contributed by atoms with E-state index in [1.807, 2.05) is 29.9 Å². The maximum absolute atomic E-state index is 11.3. The highest BCUT2D eigenvalue weighted by Gasteiger charge is 2.16. The fourth-order valence-corrected chi connectivity index (χ4v) is 1.25. The van der Waals surface area contributed by atoms with E-state index in [1.54, 1.807) is 6.92 Å². The fraction of sp³-hybridized carbons (Fsp3) is 0.300. The molecule has 0 bridgehead atoms. The molecule has 0 fully saturated rings. The van der Waals surface area contributed by atoms with Gasteiger partial charge in [-0.3, -0.25) is 5.32 Å². The van der Waals surface area contributed by atoms with Gasteiger partial charge in [-0.2, -0.15) is 0 Å². The normalized spacial score (nSPS) is 10.2. The van der Waals surface area contributed by atoms with Gasteiger partial charge in [0.05, 0.1) is 6.61 Å². The fourth-order valence-electron chi connectivity index (χ4n) is 1.25. The first-order valence-corrected chi connectivity index (χ1v) is 5.09. The third-order valence-corrected chi connectivity index (χ3v) is 2.05. The topological polar surface area (TPSA) is 82.2 Å². The van der Waals surface area contributed by atoms with E-state index in [9.17, 15) is 4.79 Å². The molecule has 17 heavy (non-hydrogen) atoms. The van der Waals surface area contributed by atoms with Gasteiger partial charge in [0.1, 0.15) is 5.82 Å². The molecule has 90 valence electrons. The van der Waals surface area contributed by atoms with Crippen LogP contribution in [0.1, 0.15) is 17.6 Å². The Morgan fingerprint density at radius 2 is 2.41 bits per heavy atom. The van der Waals surface area contributed by atoms with Gasteiger partial charge in [0, 0.05) is 13.2 Å². The Hall–Kier alpha value is -2.31. The number of anilines is 2. The first-order valence-electron chi connectivity index (χ1n) is 5.09. The molecule has 0 saturated heterocycles. The first kappa shape index (κ1) is 11.2. The lowest BCUT2D eigenvalue weighted by molar-refractivity contribution is 0.0481. The summed E-state index contributed by atoms with van der Waals surface area (Å²) in [6, 6.07) is 3.86. The van der Waals surface area contributed by atoms with Crippen LogP contribution in [-0.4, -0.2) is 27.3 Å². The van der Waals surface area contributed by atoms with Crippen LogP contribution >= 0.6 is 0 Å². The summed E-state index contributed by atoms with van der Waals surface area (Å²) in [7, 11) is 1.87. The monoisotopic (exact) mass is 236 g/mol. The molecule has 0 amide bonds. The largest absolute Gasteiger partial charge is 0.459 e. The third-order valence-electron chi connectivity index (χ3n) is 2.05. The number of aryl methyl sites for hydroxylation is 1. The Morgan fingerprint density at radius 1 is 1.59 bits per heavy atom. The standard InChI is InChI=1S/C10H12N4O3/c1-3-16-9(15)8-12-13-10(17-8)11-7-5-4-6-14(7)2/h4-6H,3H2,1-2H3,(H,11,13). The van der Waals surface area contributed by atoms with Crippen molar-refractivity contribution in [3.05, 3.63) is 24.2 Å². The van der Waals surface area contributed by atoms with Crippen LogP contribution in [0.4, 0.5) is 11.8 Å². The van der Waals surface area contributed by atoms with E-state index >= 15 is 0 Å². The van der Waals surface area contributed by atoms with Crippen LogP contribution in [0.15, 0.2) is 22.7 Å². The number of nitrogens with one attached hydrogen (secondary N) is 1. The maximum Gasteiger partial charge on any atom is 0.396 e. The van der Waals surface area contributed by atoms with Crippen molar-refractivity contribution in [1.82, 2.24) is 14.8 Å². The summed E-state index contributed by atoms with van der Waals surface area (Å²) in [5.74, 6) is -0.00690. The molecule has 0 aliphatic heterocycles. The van der Waals surface area contributed by atoms with Gasteiger partial charge in [0.2, 0.25) is 0 Å². The van der Waals surface area contributed by atoms with Crippen molar-refractivity contribution < 1.29 is 13.9 Å². The molecule has 2 heterocycles. The van der Waals surface area contributed by atoms with Crippen molar-refractivity contribution >= 4 is 17.8 Å². The Morgan fingerprint density at radius 3 is 3.06 bits per heavy atom. The number of hydrogen-bond acceptors (Lipinski definition) is 6. The van der Waals surface area contributed by atoms with E-state index in [2.05, 4.69) is 15.5 Å². The Kier molecular flexibility index (Phi) is 3.08. The predicted molar refractivity (Wildman–Crippen MR) is 59.0 cm³/mol. The molecule has 2 rings (SSSR count). The molecule has 0 aliphatic carbocycles. The van der Waals surface area contributed by atoms with Crippen LogP contribution < -0.4 is 5.32 Å². The zero-order valence-electron chi connectivity index (χ0n) is 9.51. The molecule has 0 radical (unpaired) electrons. The highest BCUT2D eigenvalue weighted by molar-refractivity contribution is 5.84. The number of carbonyl (C=O) groups is 1. The van der Waals surface area contributed by atoms with Crippen LogP contribution in [-0.2, 0) is 11.8 Å². The number of ether oxygens (including phenoxy) is 1. The average molecular weight is 236 g/mol. The highest BCUT2D eigenvalue weighted by atomic mass is 16.5. The van der Waals surface area contributed by atoms with E-state index < -0.39 is 5.97 Å². The molecule has 7 nitrogen and oxygen atoms in total. The lowest BCUT2D eigenvalue weighted by Crippen LogP contribution is -2.04. The summed E-state index contributed by atoms with van der Waals surface area (Å²) in [6.07, 6.45) is 1.87. The van der Waals surface area contributed by atoms with Gasteiger partial charge >= 0.3 is 17.9 Å². The summed E-state index contributed by atoms with van der Waals surface area (Å²) in [5.41, 5.74) is 0. The molecule has 0 atom stereocenters. The van der Waals surface area contributed by atoms with Crippen molar-refractivity contribution in [3.8, 4) is 0 Å². The Balaban J connectivity index is 2.09. The zero-order chi connectivity index (χ0) is 12.3. The summed E-state index contributed by atoms with van der Waals surface area (Å²) in [5, 5.41) is 10.2. The summed E-state index contributed by atoms with van der Waals surface area (Å²) in [4.78, 5) is 11.3. The van der Waals surface area contributed by atoms with E-state index in [-0.39, 0.29) is 18.5 Å². The van der Waals surface area contributed by atoms with Gasteiger partial charge in [-0.1, -0.05) is 10.2 Å². The summed E-state index contributed by atoms with van der Waals surface area (Å²) < 4.78 is 11.7. The molecule has 0 aliphatic rings.